The number of rotatable bonds is 5. The summed E-state index contributed by atoms with van der Waals surface area (Å²) in [6, 6.07) is 12.1. The van der Waals surface area contributed by atoms with Gasteiger partial charge in [0.15, 0.2) is 0 Å². The van der Waals surface area contributed by atoms with Gasteiger partial charge in [0.25, 0.3) is 5.91 Å². The van der Waals surface area contributed by atoms with Crippen molar-refractivity contribution >= 4 is 38.9 Å². The number of sulfonamides is 1. The van der Waals surface area contributed by atoms with Gasteiger partial charge in [-0.05, 0) is 63.4 Å². The fourth-order valence-corrected chi connectivity index (χ4v) is 6.58. The van der Waals surface area contributed by atoms with Gasteiger partial charge in [0.2, 0.25) is 10.0 Å². The lowest BCUT2D eigenvalue weighted by atomic mass is 10.1. The third-order valence-electron chi connectivity index (χ3n) is 6.05. The number of carbonyl (C=O) groups is 1. The highest BCUT2D eigenvalue weighted by molar-refractivity contribution is 7.89. The average molecular weight is 492 g/mol. The molecule has 0 aliphatic carbocycles. The van der Waals surface area contributed by atoms with Gasteiger partial charge in [-0.3, -0.25) is 4.79 Å². The quantitative estimate of drug-likeness (QED) is 0.671. The number of hydrogen-bond donors (Lipinski definition) is 1. The molecule has 2 fully saturated rings. The number of anilines is 2. The molecule has 33 heavy (non-hydrogen) atoms. The maximum absolute atomic E-state index is 13.3. The number of piperidine rings is 1. The van der Waals surface area contributed by atoms with Crippen LogP contribution in [0.4, 0.5) is 11.4 Å². The summed E-state index contributed by atoms with van der Waals surface area (Å²) in [5.74, 6) is -0.378. The molecule has 178 valence electrons. The first-order valence-corrected chi connectivity index (χ1v) is 13.2. The topological polar surface area (TPSA) is 79.0 Å². The van der Waals surface area contributed by atoms with Gasteiger partial charge < -0.3 is 15.0 Å². The number of nitrogens with one attached hydrogen (secondary N) is 1. The van der Waals surface area contributed by atoms with E-state index in [4.69, 9.17) is 16.3 Å². The molecule has 0 spiro atoms. The monoisotopic (exact) mass is 491 g/mol. The van der Waals surface area contributed by atoms with E-state index < -0.39 is 10.0 Å². The van der Waals surface area contributed by atoms with Crippen LogP contribution in [0.15, 0.2) is 47.4 Å². The van der Waals surface area contributed by atoms with Crippen LogP contribution in [0.1, 0.15) is 43.5 Å². The second kappa shape index (κ2) is 10.0. The van der Waals surface area contributed by atoms with E-state index in [1.54, 1.807) is 6.07 Å². The van der Waals surface area contributed by atoms with Crippen molar-refractivity contribution in [3.63, 3.8) is 0 Å². The molecule has 1 amide bonds. The Balaban J connectivity index is 1.59. The summed E-state index contributed by atoms with van der Waals surface area (Å²) in [7, 11) is -3.88. The third kappa shape index (κ3) is 5.35. The molecule has 2 aliphatic rings. The van der Waals surface area contributed by atoms with Gasteiger partial charge in [-0.1, -0.05) is 23.7 Å². The molecule has 2 aliphatic heterocycles. The molecule has 4 rings (SSSR count). The largest absolute Gasteiger partial charge is 0.373 e. The van der Waals surface area contributed by atoms with Gasteiger partial charge in [-0.15, -0.1) is 0 Å². The van der Waals surface area contributed by atoms with E-state index in [-0.39, 0.29) is 46.7 Å². The van der Waals surface area contributed by atoms with Gasteiger partial charge in [0.05, 0.1) is 28.6 Å². The molecular weight excluding hydrogens is 462 g/mol. The van der Waals surface area contributed by atoms with Crippen LogP contribution in [-0.4, -0.2) is 57.0 Å². The number of ether oxygens (including phenoxy) is 1. The molecule has 0 saturated carbocycles. The Morgan fingerprint density at radius 2 is 1.70 bits per heavy atom. The van der Waals surface area contributed by atoms with Gasteiger partial charge in [-0.2, -0.15) is 4.31 Å². The van der Waals surface area contributed by atoms with Crippen LogP contribution in [-0.2, 0) is 14.8 Å². The van der Waals surface area contributed by atoms with E-state index >= 15 is 0 Å². The van der Waals surface area contributed by atoms with E-state index in [0.717, 1.165) is 31.6 Å². The molecule has 0 aromatic heterocycles. The second-order valence-electron chi connectivity index (χ2n) is 8.74. The van der Waals surface area contributed by atoms with Gasteiger partial charge >= 0.3 is 0 Å². The van der Waals surface area contributed by atoms with Crippen LogP contribution in [0.3, 0.4) is 0 Å². The SMILES string of the molecule is CC1CN(S(=O)(=O)c2cc(C(=O)Nc3ccccc3N3CCCCC3)ccc2Cl)CC(C)O1. The summed E-state index contributed by atoms with van der Waals surface area (Å²) in [5.41, 5.74) is 1.92. The van der Waals surface area contributed by atoms with Crippen LogP contribution in [0.5, 0.6) is 0 Å². The van der Waals surface area contributed by atoms with Crippen LogP contribution in [0.2, 0.25) is 5.02 Å². The molecule has 2 saturated heterocycles. The first-order chi connectivity index (χ1) is 15.8. The van der Waals surface area contributed by atoms with E-state index in [0.29, 0.717) is 5.69 Å². The van der Waals surface area contributed by atoms with Crippen molar-refractivity contribution in [3.05, 3.63) is 53.1 Å². The van der Waals surface area contributed by atoms with Crippen LogP contribution in [0, 0.1) is 0 Å². The average Bonchev–Trinajstić information content (AvgIpc) is 2.79. The zero-order valence-corrected chi connectivity index (χ0v) is 20.5. The number of amides is 1. The van der Waals surface area contributed by atoms with E-state index in [1.165, 1.54) is 22.9 Å². The highest BCUT2D eigenvalue weighted by Gasteiger charge is 2.34. The highest BCUT2D eigenvalue weighted by atomic mass is 35.5. The lowest BCUT2D eigenvalue weighted by Gasteiger charge is -2.34. The molecule has 7 nitrogen and oxygen atoms in total. The maximum atomic E-state index is 13.3. The summed E-state index contributed by atoms with van der Waals surface area (Å²) in [6.45, 7) is 6.05. The van der Waals surface area contributed by atoms with Gasteiger partial charge in [0.1, 0.15) is 4.90 Å². The maximum Gasteiger partial charge on any atom is 0.255 e. The minimum atomic E-state index is -3.88. The van der Waals surface area contributed by atoms with Crippen molar-refractivity contribution < 1.29 is 17.9 Å². The Kier molecular flexibility index (Phi) is 7.28. The molecular formula is C24H30ClN3O4S. The molecule has 1 N–H and O–H groups in total. The standard InChI is InChI=1S/C24H30ClN3O4S/c1-17-15-28(16-18(2)32-17)33(30,31)23-14-19(10-11-20(23)25)24(29)26-21-8-4-5-9-22(21)27-12-6-3-7-13-27/h4-5,8-11,14,17-18H,3,6-7,12-13,15-16H2,1-2H3,(H,26,29). The van der Waals surface area contributed by atoms with Crippen molar-refractivity contribution in [2.45, 2.75) is 50.2 Å². The fourth-order valence-electron chi connectivity index (χ4n) is 4.49. The lowest BCUT2D eigenvalue weighted by Crippen LogP contribution is -2.48. The first-order valence-electron chi connectivity index (χ1n) is 11.4. The van der Waals surface area contributed by atoms with Gasteiger partial charge in [-0.25, -0.2) is 8.42 Å². The summed E-state index contributed by atoms with van der Waals surface area (Å²) < 4.78 is 33.7. The molecule has 9 heteroatoms. The fraction of sp³-hybridized carbons (Fsp3) is 0.458. The van der Waals surface area contributed by atoms with E-state index in [9.17, 15) is 13.2 Å². The number of carbonyl (C=O) groups excluding carboxylic acids is 1. The highest BCUT2D eigenvalue weighted by Crippen LogP contribution is 2.31. The molecule has 0 radical (unpaired) electrons. The molecule has 2 unspecified atom stereocenters. The summed E-state index contributed by atoms with van der Waals surface area (Å²) in [5, 5.41) is 3.05. The number of benzene rings is 2. The lowest BCUT2D eigenvalue weighted by molar-refractivity contribution is -0.0440. The zero-order chi connectivity index (χ0) is 23.6. The Labute approximate surface area is 200 Å². The zero-order valence-electron chi connectivity index (χ0n) is 19.0. The molecule has 2 aromatic rings. The Bertz CT molecular complexity index is 1110. The van der Waals surface area contributed by atoms with Crippen molar-refractivity contribution in [2.24, 2.45) is 0 Å². The Morgan fingerprint density at radius 1 is 1.03 bits per heavy atom. The second-order valence-corrected chi connectivity index (χ2v) is 11.1. The summed E-state index contributed by atoms with van der Waals surface area (Å²) >= 11 is 6.29. The number of nitrogens with zero attached hydrogens (tertiary/aromatic N) is 2. The van der Waals surface area contributed by atoms with Crippen molar-refractivity contribution in [2.75, 3.05) is 36.4 Å². The van der Waals surface area contributed by atoms with E-state index in [1.807, 2.05) is 38.1 Å². The smallest absolute Gasteiger partial charge is 0.255 e. The Morgan fingerprint density at radius 3 is 2.39 bits per heavy atom. The van der Waals surface area contributed by atoms with Crippen molar-refractivity contribution in [1.29, 1.82) is 0 Å². The molecule has 0 bridgehead atoms. The predicted molar refractivity (Wildman–Crippen MR) is 131 cm³/mol. The normalized spacial score (nSPS) is 22.2. The molecule has 2 aromatic carbocycles. The molecule has 2 atom stereocenters. The van der Waals surface area contributed by atoms with Crippen LogP contribution < -0.4 is 10.2 Å². The third-order valence-corrected chi connectivity index (χ3v) is 8.36. The van der Waals surface area contributed by atoms with E-state index in [2.05, 4.69) is 10.2 Å². The minimum Gasteiger partial charge on any atom is -0.373 e. The van der Waals surface area contributed by atoms with Gasteiger partial charge in [0, 0.05) is 31.7 Å². The number of para-hydroxylation sites is 2. The molecule has 2 heterocycles. The van der Waals surface area contributed by atoms with Crippen molar-refractivity contribution in [1.82, 2.24) is 4.31 Å². The van der Waals surface area contributed by atoms with Crippen molar-refractivity contribution in [3.8, 4) is 0 Å². The van der Waals surface area contributed by atoms with Crippen LogP contribution >= 0.6 is 11.6 Å². The number of halogens is 1. The minimum absolute atomic E-state index is 0.0672. The first kappa shape index (κ1) is 24.0. The van der Waals surface area contributed by atoms with Crippen LogP contribution in [0.25, 0.3) is 0 Å². The number of morpholine rings is 1. The summed E-state index contributed by atoms with van der Waals surface area (Å²) in [6.07, 6.45) is 3.02. The Hall–Kier alpha value is -2.13. The predicted octanol–water partition coefficient (Wildman–Crippen LogP) is 4.38. The number of hydrogen-bond acceptors (Lipinski definition) is 5. The summed E-state index contributed by atoms with van der Waals surface area (Å²) in [4.78, 5) is 15.3.